The number of aromatic carboxylic acids is 1. The molecule has 7 nitrogen and oxygen atoms in total. The van der Waals surface area contributed by atoms with Gasteiger partial charge in [0.1, 0.15) is 0 Å². The molecular formula is C25H26N2O5. The highest BCUT2D eigenvalue weighted by Gasteiger charge is 2.20. The molecule has 0 unspecified atom stereocenters. The number of rotatable bonds is 8. The van der Waals surface area contributed by atoms with Gasteiger partial charge in [0.05, 0.1) is 18.8 Å². The quantitative estimate of drug-likeness (QED) is 0.532. The van der Waals surface area contributed by atoms with Gasteiger partial charge in [0.2, 0.25) is 5.56 Å². The maximum absolute atomic E-state index is 11.5. The number of hydrogen-bond donors (Lipinski definition) is 2. The van der Waals surface area contributed by atoms with Gasteiger partial charge < -0.3 is 24.5 Å². The topological polar surface area (TPSA) is 91.9 Å². The molecule has 4 rings (SSSR count). The van der Waals surface area contributed by atoms with E-state index in [1.807, 2.05) is 29.2 Å². The van der Waals surface area contributed by atoms with Gasteiger partial charge in [-0.3, -0.25) is 4.79 Å². The number of H-pyrrole nitrogens is 1. The molecule has 0 bridgehead atoms. The molecule has 2 N–H and O–H groups in total. The number of aromatic amines is 1. The summed E-state index contributed by atoms with van der Waals surface area (Å²) in [4.78, 5) is 27.7. The molecular weight excluding hydrogens is 408 g/mol. The number of aromatic nitrogens is 1. The fourth-order valence-corrected chi connectivity index (χ4v) is 3.97. The molecule has 7 heteroatoms. The van der Waals surface area contributed by atoms with E-state index in [1.54, 1.807) is 37.6 Å². The third-order valence-electron chi connectivity index (χ3n) is 5.65. The number of anilines is 2. The van der Waals surface area contributed by atoms with Gasteiger partial charge in [0, 0.05) is 36.2 Å². The number of nitrogens with one attached hydrogen (secondary N) is 1. The molecule has 32 heavy (non-hydrogen) atoms. The van der Waals surface area contributed by atoms with Crippen LogP contribution in [-0.2, 0) is 6.54 Å². The normalized spacial score (nSPS) is 13.7. The van der Waals surface area contributed by atoms with E-state index < -0.39 is 5.97 Å². The van der Waals surface area contributed by atoms with Gasteiger partial charge in [-0.2, -0.15) is 0 Å². The summed E-state index contributed by atoms with van der Waals surface area (Å²) in [6.45, 7) is 0.426. The van der Waals surface area contributed by atoms with E-state index in [9.17, 15) is 14.7 Å². The second-order valence-electron chi connectivity index (χ2n) is 7.86. The second-order valence-corrected chi connectivity index (χ2v) is 7.86. The van der Waals surface area contributed by atoms with E-state index in [0.29, 0.717) is 23.7 Å². The Labute approximate surface area is 186 Å². The van der Waals surface area contributed by atoms with E-state index in [-0.39, 0.29) is 17.2 Å². The zero-order valence-corrected chi connectivity index (χ0v) is 17.9. The Balaban J connectivity index is 1.74. The van der Waals surface area contributed by atoms with Crippen LogP contribution < -0.4 is 19.9 Å². The summed E-state index contributed by atoms with van der Waals surface area (Å²) in [5.74, 6) is 0.331. The van der Waals surface area contributed by atoms with Crippen LogP contribution in [0.2, 0.25) is 0 Å². The molecule has 1 fully saturated rings. The maximum atomic E-state index is 11.5. The summed E-state index contributed by atoms with van der Waals surface area (Å²) >= 11 is 0. The Hall–Kier alpha value is -3.74. The number of nitrogens with zero attached hydrogens (tertiary/aromatic N) is 1. The van der Waals surface area contributed by atoms with Crippen LogP contribution in [0.15, 0.2) is 65.6 Å². The van der Waals surface area contributed by atoms with Crippen molar-refractivity contribution in [3.8, 4) is 11.5 Å². The zero-order valence-electron chi connectivity index (χ0n) is 17.9. The van der Waals surface area contributed by atoms with Gasteiger partial charge in [-0.05, 0) is 61.6 Å². The Morgan fingerprint density at radius 1 is 1.06 bits per heavy atom. The number of hydrogen-bond acceptors (Lipinski definition) is 5. The number of carbonyl (C=O) groups is 1. The molecule has 1 aliphatic rings. The molecule has 1 heterocycles. The lowest BCUT2D eigenvalue weighted by Gasteiger charge is -2.27. The minimum absolute atomic E-state index is 0.169. The molecule has 3 aromatic rings. The number of ether oxygens (including phenoxy) is 2. The van der Waals surface area contributed by atoms with Crippen molar-refractivity contribution >= 4 is 17.3 Å². The van der Waals surface area contributed by atoms with Crippen molar-refractivity contribution in [2.45, 2.75) is 38.3 Å². The highest BCUT2D eigenvalue weighted by molar-refractivity contribution is 5.89. The molecule has 0 spiro atoms. The second kappa shape index (κ2) is 9.60. The standard InChI is InChI=1S/C25H26N2O5/c1-31-22-11-10-20(14-23(22)32-21-7-2-3-8-21)27(16-17-9-12-24(28)26-15-17)19-6-4-5-18(13-19)25(29)30/h4-6,9-15,21H,2-3,7-8,16H2,1H3,(H,26,28)(H,29,30). The fourth-order valence-electron chi connectivity index (χ4n) is 3.97. The van der Waals surface area contributed by atoms with E-state index >= 15 is 0 Å². The van der Waals surface area contributed by atoms with Gasteiger partial charge >= 0.3 is 5.97 Å². The molecule has 166 valence electrons. The lowest BCUT2D eigenvalue weighted by Crippen LogP contribution is -2.19. The first-order valence-corrected chi connectivity index (χ1v) is 10.7. The molecule has 0 amide bonds. The van der Waals surface area contributed by atoms with Crippen molar-refractivity contribution in [2.75, 3.05) is 12.0 Å². The fraction of sp³-hybridized carbons (Fsp3) is 0.280. The first-order chi connectivity index (χ1) is 15.5. The van der Waals surface area contributed by atoms with Crippen LogP contribution >= 0.6 is 0 Å². The van der Waals surface area contributed by atoms with Gasteiger partial charge in [-0.1, -0.05) is 12.1 Å². The van der Waals surface area contributed by atoms with Crippen molar-refractivity contribution in [1.82, 2.24) is 4.98 Å². The van der Waals surface area contributed by atoms with E-state index in [1.165, 1.54) is 6.07 Å². The Bertz CT molecular complexity index is 1130. The van der Waals surface area contributed by atoms with Crippen LogP contribution in [0.1, 0.15) is 41.6 Å². The third-order valence-corrected chi connectivity index (χ3v) is 5.65. The Kier molecular flexibility index (Phi) is 6.44. The average molecular weight is 434 g/mol. The summed E-state index contributed by atoms with van der Waals surface area (Å²) in [5.41, 5.74) is 2.44. The lowest BCUT2D eigenvalue weighted by atomic mass is 10.1. The summed E-state index contributed by atoms with van der Waals surface area (Å²) < 4.78 is 11.8. The number of pyridine rings is 1. The molecule has 0 saturated heterocycles. The molecule has 0 radical (unpaired) electrons. The first kappa shape index (κ1) is 21.5. The van der Waals surface area contributed by atoms with Crippen molar-refractivity contribution in [1.29, 1.82) is 0 Å². The number of benzene rings is 2. The number of carboxylic acids is 1. The van der Waals surface area contributed by atoms with Crippen molar-refractivity contribution in [2.24, 2.45) is 0 Å². The minimum atomic E-state index is -0.990. The molecule has 1 saturated carbocycles. The smallest absolute Gasteiger partial charge is 0.335 e. The van der Waals surface area contributed by atoms with Gasteiger partial charge in [-0.15, -0.1) is 0 Å². The minimum Gasteiger partial charge on any atom is -0.493 e. The molecule has 1 aromatic heterocycles. The SMILES string of the molecule is COc1ccc(N(Cc2ccc(=O)[nH]c2)c2cccc(C(=O)O)c2)cc1OC1CCCC1. The number of methoxy groups -OCH3 is 1. The molecule has 2 aromatic carbocycles. The highest BCUT2D eigenvalue weighted by Crippen LogP contribution is 2.37. The van der Waals surface area contributed by atoms with Gasteiger partial charge in [0.15, 0.2) is 11.5 Å². The van der Waals surface area contributed by atoms with Gasteiger partial charge in [0.25, 0.3) is 0 Å². The molecule has 0 atom stereocenters. The maximum Gasteiger partial charge on any atom is 0.335 e. The van der Waals surface area contributed by atoms with Gasteiger partial charge in [-0.25, -0.2) is 4.79 Å². The molecule has 0 aliphatic heterocycles. The van der Waals surface area contributed by atoms with Crippen LogP contribution in [0.3, 0.4) is 0 Å². The Morgan fingerprint density at radius 3 is 2.53 bits per heavy atom. The van der Waals surface area contributed by atoms with Crippen LogP contribution in [0.4, 0.5) is 11.4 Å². The monoisotopic (exact) mass is 434 g/mol. The van der Waals surface area contributed by atoms with Crippen molar-refractivity contribution in [3.63, 3.8) is 0 Å². The van der Waals surface area contributed by atoms with Crippen LogP contribution in [0.25, 0.3) is 0 Å². The number of carboxylic acid groups (broad SMARTS) is 1. The van der Waals surface area contributed by atoms with E-state index in [2.05, 4.69) is 4.98 Å². The van der Waals surface area contributed by atoms with Crippen molar-refractivity contribution in [3.05, 3.63) is 82.3 Å². The first-order valence-electron chi connectivity index (χ1n) is 10.7. The zero-order chi connectivity index (χ0) is 22.5. The Morgan fingerprint density at radius 2 is 1.84 bits per heavy atom. The van der Waals surface area contributed by atoms with Crippen LogP contribution in [-0.4, -0.2) is 29.3 Å². The summed E-state index contributed by atoms with van der Waals surface area (Å²) in [5, 5.41) is 9.46. The molecule has 1 aliphatic carbocycles. The van der Waals surface area contributed by atoms with Crippen LogP contribution in [0, 0.1) is 0 Å². The summed E-state index contributed by atoms with van der Waals surface area (Å²) in [6, 6.07) is 15.7. The average Bonchev–Trinajstić information content (AvgIpc) is 3.32. The van der Waals surface area contributed by atoms with E-state index in [4.69, 9.17) is 9.47 Å². The summed E-state index contributed by atoms with van der Waals surface area (Å²) in [6.07, 6.45) is 6.20. The summed E-state index contributed by atoms with van der Waals surface area (Å²) in [7, 11) is 1.62. The van der Waals surface area contributed by atoms with Crippen LogP contribution in [0.5, 0.6) is 11.5 Å². The van der Waals surface area contributed by atoms with Crippen molar-refractivity contribution < 1.29 is 19.4 Å². The lowest BCUT2D eigenvalue weighted by molar-refractivity contribution is 0.0697. The largest absolute Gasteiger partial charge is 0.493 e. The predicted molar refractivity (Wildman–Crippen MR) is 122 cm³/mol. The van der Waals surface area contributed by atoms with E-state index in [0.717, 1.165) is 36.9 Å². The predicted octanol–water partition coefficient (Wildman–Crippen LogP) is 4.74. The third kappa shape index (κ3) is 4.94. The highest BCUT2D eigenvalue weighted by atomic mass is 16.5.